The lowest BCUT2D eigenvalue weighted by atomic mass is 10.0. The number of halogens is 2. The van der Waals surface area contributed by atoms with E-state index in [4.69, 9.17) is 23.2 Å². The van der Waals surface area contributed by atoms with Crippen molar-refractivity contribution in [3.8, 4) is 0 Å². The maximum atomic E-state index is 12.5. The summed E-state index contributed by atoms with van der Waals surface area (Å²) in [6.07, 6.45) is 7.78. The van der Waals surface area contributed by atoms with Gasteiger partial charge in [0.15, 0.2) is 0 Å². The van der Waals surface area contributed by atoms with E-state index >= 15 is 0 Å². The maximum absolute atomic E-state index is 12.5. The standard InChI is InChI=1S/C16H17Cl2N3O/c17-13-4-3-12(10-14(13)18)15-2-1-7-21(15)16(22)5-8-20-9-6-19-11-20/h3-4,6,9-11,15H,1-2,5,7-8H2/t15-/m1/s1. The van der Waals surface area contributed by atoms with E-state index in [1.54, 1.807) is 18.6 Å². The van der Waals surface area contributed by atoms with Gasteiger partial charge in [0.1, 0.15) is 0 Å². The molecule has 0 N–H and O–H groups in total. The van der Waals surface area contributed by atoms with Gasteiger partial charge in [0.05, 0.1) is 22.4 Å². The molecule has 0 unspecified atom stereocenters. The van der Waals surface area contributed by atoms with Gasteiger partial charge in [0, 0.05) is 31.9 Å². The predicted octanol–water partition coefficient (Wildman–Crippen LogP) is 3.94. The zero-order valence-corrected chi connectivity index (χ0v) is 13.6. The van der Waals surface area contributed by atoms with Crippen molar-refractivity contribution in [2.75, 3.05) is 6.54 Å². The predicted molar refractivity (Wildman–Crippen MR) is 87.0 cm³/mol. The lowest BCUT2D eigenvalue weighted by molar-refractivity contribution is -0.132. The molecule has 1 saturated heterocycles. The number of hydrogen-bond donors (Lipinski definition) is 0. The molecule has 1 fully saturated rings. The van der Waals surface area contributed by atoms with E-state index < -0.39 is 0 Å². The summed E-state index contributed by atoms with van der Waals surface area (Å²) in [5, 5.41) is 1.08. The minimum Gasteiger partial charge on any atom is -0.337 e. The first-order chi connectivity index (χ1) is 10.6. The van der Waals surface area contributed by atoms with Crippen molar-refractivity contribution in [1.29, 1.82) is 0 Å². The van der Waals surface area contributed by atoms with Gasteiger partial charge in [0.2, 0.25) is 5.91 Å². The molecule has 1 aliphatic rings. The van der Waals surface area contributed by atoms with E-state index in [0.29, 0.717) is 23.0 Å². The van der Waals surface area contributed by atoms with Crippen molar-refractivity contribution in [2.45, 2.75) is 31.8 Å². The molecule has 4 nitrogen and oxygen atoms in total. The summed E-state index contributed by atoms with van der Waals surface area (Å²) in [7, 11) is 0. The van der Waals surface area contributed by atoms with Gasteiger partial charge in [-0.15, -0.1) is 0 Å². The average Bonchev–Trinajstić information content (AvgIpc) is 3.18. The molecule has 1 atom stereocenters. The molecule has 3 rings (SSSR count). The van der Waals surface area contributed by atoms with Crippen LogP contribution in [0.3, 0.4) is 0 Å². The fourth-order valence-corrected chi connectivity index (χ4v) is 3.23. The third-order valence-electron chi connectivity index (χ3n) is 4.04. The molecule has 0 saturated carbocycles. The molecule has 1 aromatic heterocycles. The Bertz CT molecular complexity index is 657. The van der Waals surface area contributed by atoms with E-state index in [9.17, 15) is 4.79 Å². The molecule has 0 spiro atoms. The van der Waals surface area contributed by atoms with E-state index in [0.717, 1.165) is 24.9 Å². The van der Waals surface area contributed by atoms with Crippen LogP contribution in [0.25, 0.3) is 0 Å². The smallest absolute Gasteiger partial charge is 0.224 e. The first kappa shape index (κ1) is 15.4. The highest BCUT2D eigenvalue weighted by Crippen LogP contribution is 2.35. The molecule has 1 aliphatic heterocycles. The summed E-state index contributed by atoms with van der Waals surface area (Å²) < 4.78 is 1.92. The number of carbonyl (C=O) groups excluding carboxylic acids is 1. The van der Waals surface area contributed by atoms with E-state index in [1.165, 1.54) is 0 Å². The molecule has 6 heteroatoms. The molecule has 2 aromatic rings. The van der Waals surface area contributed by atoms with Crippen molar-refractivity contribution < 1.29 is 4.79 Å². The van der Waals surface area contributed by atoms with Gasteiger partial charge in [-0.25, -0.2) is 4.98 Å². The molecular formula is C16H17Cl2N3O. The van der Waals surface area contributed by atoms with Gasteiger partial charge in [-0.1, -0.05) is 29.3 Å². The van der Waals surface area contributed by atoms with E-state index in [-0.39, 0.29) is 11.9 Å². The molecule has 1 amide bonds. The molecule has 0 radical (unpaired) electrons. The van der Waals surface area contributed by atoms with Crippen molar-refractivity contribution in [3.63, 3.8) is 0 Å². The van der Waals surface area contributed by atoms with Crippen LogP contribution in [0, 0.1) is 0 Å². The van der Waals surface area contributed by atoms with Crippen molar-refractivity contribution in [2.24, 2.45) is 0 Å². The van der Waals surface area contributed by atoms with E-state index in [2.05, 4.69) is 4.98 Å². The lowest BCUT2D eigenvalue weighted by Crippen LogP contribution is -2.31. The summed E-state index contributed by atoms with van der Waals surface area (Å²) >= 11 is 12.1. The molecular weight excluding hydrogens is 321 g/mol. The average molecular weight is 338 g/mol. The van der Waals surface area contributed by atoms with Crippen LogP contribution >= 0.6 is 23.2 Å². The second-order valence-electron chi connectivity index (χ2n) is 5.47. The number of imidazole rings is 1. The summed E-state index contributed by atoms with van der Waals surface area (Å²) in [4.78, 5) is 18.5. The molecule has 116 valence electrons. The number of amides is 1. The van der Waals surface area contributed by atoms with Crippen LogP contribution in [-0.4, -0.2) is 26.9 Å². The van der Waals surface area contributed by atoms with Crippen LogP contribution in [0.15, 0.2) is 36.9 Å². The first-order valence-corrected chi connectivity index (χ1v) is 8.11. The Morgan fingerprint density at radius 3 is 2.91 bits per heavy atom. The minimum atomic E-state index is 0.102. The molecule has 1 aromatic carbocycles. The Labute approximate surface area is 139 Å². The Kier molecular flexibility index (Phi) is 4.69. The van der Waals surface area contributed by atoms with Crippen molar-refractivity contribution >= 4 is 29.1 Å². The highest BCUT2D eigenvalue weighted by atomic mass is 35.5. The van der Waals surface area contributed by atoms with Gasteiger partial charge in [-0.3, -0.25) is 4.79 Å². The van der Waals surface area contributed by atoms with Crippen LogP contribution < -0.4 is 0 Å². The Morgan fingerprint density at radius 1 is 1.32 bits per heavy atom. The van der Waals surface area contributed by atoms with Gasteiger partial charge >= 0.3 is 0 Å². The quantitative estimate of drug-likeness (QED) is 0.847. The largest absolute Gasteiger partial charge is 0.337 e. The Morgan fingerprint density at radius 2 is 2.18 bits per heavy atom. The van der Waals surface area contributed by atoms with Gasteiger partial charge in [-0.05, 0) is 30.5 Å². The number of carbonyl (C=O) groups is 1. The molecule has 2 heterocycles. The maximum Gasteiger partial charge on any atom is 0.224 e. The highest BCUT2D eigenvalue weighted by molar-refractivity contribution is 6.42. The van der Waals surface area contributed by atoms with Gasteiger partial charge < -0.3 is 9.47 Å². The van der Waals surface area contributed by atoms with E-state index in [1.807, 2.05) is 27.8 Å². The van der Waals surface area contributed by atoms with Crippen LogP contribution in [0.5, 0.6) is 0 Å². The van der Waals surface area contributed by atoms with Crippen LogP contribution in [-0.2, 0) is 11.3 Å². The highest BCUT2D eigenvalue weighted by Gasteiger charge is 2.29. The number of benzene rings is 1. The summed E-state index contributed by atoms with van der Waals surface area (Å²) in [5.74, 6) is 0.169. The van der Waals surface area contributed by atoms with Crippen LogP contribution in [0.4, 0.5) is 0 Å². The fourth-order valence-electron chi connectivity index (χ4n) is 2.92. The minimum absolute atomic E-state index is 0.102. The second-order valence-corrected chi connectivity index (χ2v) is 6.28. The lowest BCUT2D eigenvalue weighted by Gasteiger charge is -2.25. The third kappa shape index (κ3) is 3.28. The van der Waals surface area contributed by atoms with Crippen LogP contribution in [0.1, 0.15) is 30.9 Å². The topological polar surface area (TPSA) is 38.1 Å². The van der Waals surface area contributed by atoms with Crippen molar-refractivity contribution in [1.82, 2.24) is 14.5 Å². The normalized spacial score (nSPS) is 17.9. The Hall–Kier alpha value is -1.52. The number of likely N-dealkylation sites (tertiary alicyclic amines) is 1. The zero-order valence-electron chi connectivity index (χ0n) is 12.1. The number of nitrogens with zero attached hydrogens (tertiary/aromatic N) is 3. The summed E-state index contributed by atoms with van der Waals surface area (Å²) in [6, 6.07) is 5.73. The SMILES string of the molecule is O=C(CCn1ccnc1)N1CCC[C@@H]1c1ccc(Cl)c(Cl)c1. The number of aryl methyl sites for hydroxylation is 1. The third-order valence-corrected chi connectivity index (χ3v) is 4.78. The number of aromatic nitrogens is 2. The molecule has 0 aliphatic carbocycles. The molecule has 22 heavy (non-hydrogen) atoms. The van der Waals surface area contributed by atoms with Gasteiger partial charge in [0.25, 0.3) is 0 Å². The Balaban J connectivity index is 1.69. The monoisotopic (exact) mass is 337 g/mol. The van der Waals surface area contributed by atoms with Crippen molar-refractivity contribution in [3.05, 3.63) is 52.5 Å². The second kappa shape index (κ2) is 6.71. The van der Waals surface area contributed by atoms with Crippen LogP contribution in [0.2, 0.25) is 10.0 Å². The van der Waals surface area contributed by atoms with Gasteiger partial charge in [-0.2, -0.15) is 0 Å². The fraction of sp³-hybridized carbons (Fsp3) is 0.375. The number of hydrogen-bond acceptors (Lipinski definition) is 2. The number of rotatable bonds is 4. The summed E-state index contributed by atoms with van der Waals surface area (Å²) in [5.41, 5.74) is 1.06. The summed E-state index contributed by atoms with van der Waals surface area (Å²) in [6.45, 7) is 1.46. The molecule has 0 bridgehead atoms. The first-order valence-electron chi connectivity index (χ1n) is 7.35. The zero-order chi connectivity index (χ0) is 15.5.